The zero-order chi connectivity index (χ0) is 17.9. The maximum absolute atomic E-state index is 6.13. The number of thiazole rings is 1. The van der Waals surface area contributed by atoms with E-state index in [1.807, 2.05) is 12.1 Å². The Morgan fingerprint density at radius 3 is 2.42 bits per heavy atom. The molecule has 4 rings (SSSR count). The van der Waals surface area contributed by atoms with Crippen LogP contribution in [0.3, 0.4) is 0 Å². The van der Waals surface area contributed by atoms with E-state index in [0.29, 0.717) is 12.0 Å². The van der Waals surface area contributed by atoms with Crippen molar-refractivity contribution >= 4 is 28.1 Å². The van der Waals surface area contributed by atoms with Crippen molar-refractivity contribution in [3.63, 3.8) is 0 Å². The Morgan fingerprint density at radius 2 is 1.81 bits per heavy atom. The predicted molar refractivity (Wildman–Crippen MR) is 108 cm³/mol. The average Bonchev–Trinajstić information content (AvgIpc) is 3.11. The highest BCUT2D eigenvalue weighted by Gasteiger charge is 2.32. The molecule has 1 aromatic heterocycles. The molecule has 0 aliphatic carbocycles. The Hall–Kier alpha value is -1.14. The number of hydrogen-bond donors (Lipinski definition) is 0. The van der Waals surface area contributed by atoms with E-state index in [4.69, 9.17) is 16.3 Å². The molecule has 2 aliphatic rings. The van der Waals surface area contributed by atoms with Gasteiger partial charge in [-0.1, -0.05) is 23.7 Å². The maximum Gasteiger partial charge on any atom is 0.185 e. The van der Waals surface area contributed by atoms with Gasteiger partial charge in [0.1, 0.15) is 0 Å². The summed E-state index contributed by atoms with van der Waals surface area (Å²) in [6.45, 7) is 8.06. The molecule has 0 radical (unpaired) electrons. The Bertz CT molecular complexity index is 706. The van der Waals surface area contributed by atoms with Crippen LogP contribution in [0, 0.1) is 12.8 Å². The lowest BCUT2D eigenvalue weighted by atomic mass is 9.85. The minimum atomic E-state index is 0.455. The normalized spacial score (nSPS) is 21.1. The molecule has 1 aromatic carbocycles. The molecular formula is C20H26ClN3OS. The number of rotatable bonds is 4. The fraction of sp³-hybridized carbons (Fsp3) is 0.550. The van der Waals surface area contributed by atoms with Crippen molar-refractivity contribution in [2.24, 2.45) is 5.92 Å². The van der Waals surface area contributed by atoms with Crippen molar-refractivity contribution in [3.05, 3.63) is 45.9 Å². The molecule has 2 saturated heterocycles. The Balaban J connectivity index is 1.50. The SMILES string of the molecule is Cc1csc(N2CCN(C(c3ccc(Cl)cc3)C3CCOCC3)CC2)n1. The summed E-state index contributed by atoms with van der Waals surface area (Å²) in [5.74, 6) is 0.651. The van der Waals surface area contributed by atoms with Crippen LogP contribution in [0.4, 0.5) is 5.13 Å². The number of aryl methyl sites for hydroxylation is 1. The second-order valence-electron chi connectivity index (χ2n) is 7.24. The number of halogens is 1. The van der Waals surface area contributed by atoms with Crippen molar-refractivity contribution in [1.29, 1.82) is 0 Å². The van der Waals surface area contributed by atoms with Crippen LogP contribution in [0.25, 0.3) is 0 Å². The minimum absolute atomic E-state index is 0.455. The van der Waals surface area contributed by atoms with Crippen LogP contribution in [-0.4, -0.2) is 49.3 Å². The fourth-order valence-electron chi connectivity index (χ4n) is 4.15. The summed E-state index contributed by atoms with van der Waals surface area (Å²) in [5.41, 5.74) is 2.51. The van der Waals surface area contributed by atoms with Crippen molar-refractivity contribution < 1.29 is 4.74 Å². The summed E-state index contributed by atoms with van der Waals surface area (Å²) in [6, 6.07) is 8.92. The van der Waals surface area contributed by atoms with Gasteiger partial charge in [-0.3, -0.25) is 4.90 Å². The topological polar surface area (TPSA) is 28.6 Å². The average molecular weight is 392 g/mol. The number of ether oxygens (including phenoxy) is 1. The van der Waals surface area contributed by atoms with Crippen LogP contribution in [-0.2, 0) is 4.74 Å². The largest absolute Gasteiger partial charge is 0.381 e. The molecule has 0 bridgehead atoms. The molecule has 3 heterocycles. The van der Waals surface area contributed by atoms with Gasteiger partial charge in [0.25, 0.3) is 0 Å². The molecule has 0 N–H and O–H groups in total. The van der Waals surface area contributed by atoms with Crippen LogP contribution in [0.2, 0.25) is 5.02 Å². The van der Waals surface area contributed by atoms with Gasteiger partial charge in [0, 0.05) is 55.8 Å². The minimum Gasteiger partial charge on any atom is -0.381 e. The number of piperazine rings is 1. The van der Waals surface area contributed by atoms with Gasteiger partial charge in [-0.15, -0.1) is 11.3 Å². The first-order chi connectivity index (χ1) is 12.7. The zero-order valence-electron chi connectivity index (χ0n) is 15.2. The third kappa shape index (κ3) is 4.06. The first-order valence-corrected chi connectivity index (χ1v) is 10.7. The number of hydrogen-bond acceptors (Lipinski definition) is 5. The number of anilines is 1. The number of nitrogens with zero attached hydrogens (tertiary/aromatic N) is 3. The molecule has 2 aliphatic heterocycles. The van der Waals surface area contributed by atoms with Crippen LogP contribution in [0.1, 0.15) is 30.1 Å². The Kier molecular flexibility index (Phi) is 5.79. The molecule has 26 heavy (non-hydrogen) atoms. The van der Waals surface area contributed by atoms with E-state index in [9.17, 15) is 0 Å². The second-order valence-corrected chi connectivity index (χ2v) is 8.51. The Morgan fingerprint density at radius 1 is 1.12 bits per heavy atom. The molecule has 2 aromatic rings. The van der Waals surface area contributed by atoms with E-state index in [-0.39, 0.29) is 0 Å². The van der Waals surface area contributed by atoms with Crippen molar-refractivity contribution in [2.45, 2.75) is 25.8 Å². The van der Waals surface area contributed by atoms with Crippen LogP contribution >= 0.6 is 22.9 Å². The van der Waals surface area contributed by atoms with E-state index in [2.05, 4.69) is 39.2 Å². The highest BCUT2D eigenvalue weighted by atomic mass is 35.5. The molecule has 0 saturated carbocycles. The van der Waals surface area contributed by atoms with Gasteiger partial charge in [0.2, 0.25) is 0 Å². The molecule has 1 atom stereocenters. The maximum atomic E-state index is 6.13. The van der Waals surface area contributed by atoms with Crippen molar-refractivity contribution in [1.82, 2.24) is 9.88 Å². The smallest absolute Gasteiger partial charge is 0.185 e. The molecule has 2 fully saturated rings. The first-order valence-electron chi connectivity index (χ1n) is 9.45. The molecule has 1 unspecified atom stereocenters. The van der Waals surface area contributed by atoms with E-state index < -0.39 is 0 Å². The third-order valence-electron chi connectivity index (χ3n) is 5.51. The van der Waals surface area contributed by atoms with Gasteiger partial charge in [-0.05, 0) is 43.4 Å². The molecule has 0 amide bonds. The lowest BCUT2D eigenvalue weighted by Crippen LogP contribution is -2.49. The van der Waals surface area contributed by atoms with E-state index in [0.717, 1.165) is 68.1 Å². The lowest BCUT2D eigenvalue weighted by Gasteiger charge is -2.43. The third-order valence-corrected chi connectivity index (χ3v) is 6.78. The summed E-state index contributed by atoms with van der Waals surface area (Å²) in [7, 11) is 0. The molecule has 140 valence electrons. The standard InChI is InChI=1S/C20H26ClN3OS/c1-15-14-26-20(22-15)24-10-8-23(9-11-24)19(17-6-12-25-13-7-17)16-2-4-18(21)5-3-16/h2-5,14,17,19H,6-13H2,1H3. The van der Waals surface area contributed by atoms with E-state index in [1.165, 1.54) is 5.56 Å². The van der Waals surface area contributed by atoms with Gasteiger partial charge in [-0.2, -0.15) is 0 Å². The van der Waals surface area contributed by atoms with Gasteiger partial charge in [0.05, 0.1) is 5.69 Å². The monoisotopic (exact) mass is 391 g/mol. The van der Waals surface area contributed by atoms with Gasteiger partial charge < -0.3 is 9.64 Å². The highest BCUT2D eigenvalue weighted by Crippen LogP contribution is 2.36. The zero-order valence-corrected chi connectivity index (χ0v) is 16.8. The lowest BCUT2D eigenvalue weighted by molar-refractivity contribution is 0.0230. The molecule has 0 spiro atoms. The molecular weight excluding hydrogens is 366 g/mol. The number of aromatic nitrogens is 1. The molecule has 4 nitrogen and oxygen atoms in total. The van der Waals surface area contributed by atoms with Gasteiger partial charge >= 0.3 is 0 Å². The summed E-state index contributed by atoms with van der Waals surface area (Å²) in [6.07, 6.45) is 2.28. The quantitative estimate of drug-likeness (QED) is 0.772. The first kappa shape index (κ1) is 18.2. The van der Waals surface area contributed by atoms with Crippen LogP contribution < -0.4 is 4.90 Å². The van der Waals surface area contributed by atoms with Gasteiger partial charge in [-0.25, -0.2) is 4.98 Å². The predicted octanol–water partition coefficient (Wildman–Crippen LogP) is 4.39. The summed E-state index contributed by atoms with van der Waals surface area (Å²) in [4.78, 5) is 9.75. The summed E-state index contributed by atoms with van der Waals surface area (Å²) in [5, 5.41) is 4.11. The number of benzene rings is 1. The Labute approximate surface area is 164 Å². The van der Waals surface area contributed by atoms with Gasteiger partial charge in [0.15, 0.2) is 5.13 Å². The highest BCUT2D eigenvalue weighted by molar-refractivity contribution is 7.13. The van der Waals surface area contributed by atoms with E-state index >= 15 is 0 Å². The van der Waals surface area contributed by atoms with Crippen molar-refractivity contribution in [3.8, 4) is 0 Å². The fourth-order valence-corrected chi connectivity index (χ4v) is 5.13. The second kappa shape index (κ2) is 8.26. The van der Waals surface area contributed by atoms with Crippen molar-refractivity contribution in [2.75, 3.05) is 44.3 Å². The van der Waals surface area contributed by atoms with Crippen LogP contribution in [0.15, 0.2) is 29.6 Å². The summed E-state index contributed by atoms with van der Waals surface area (Å²) >= 11 is 7.89. The molecule has 6 heteroatoms. The van der Waals surface area contributed by atoms with Crippen LogP contribution in [0.5, 0.6) is 0 Å². The van der Waals surface area contributed by atoms with E-state index in [1.54, 1.807) is 11.3 Å². The summed E-state index contributed by atoms with van der Waals surface area (Å²) < 4.78 is 5.61.